The van der Waals surface area contributed by atoms with E-state index in [1.54, 1.807) is 0 Å². The molecule has 0 bridgehead atoms. The van der Waals surface area contributed by atoms with Gasteiger partial charge in [0.25, 0.3) is 0 Å². The van der Waals surface area contributed by atoms with Crippen molar-refractivity contribution in [3.05, 3.63) is 0 Å². The quantitative estimate of drug-likeness (QED) is 0.254. The van der Waals surface area contributed by atoms with Crippen LogP contribution in [0.4, 0.5) is 0 Å². The molecule has 7 heteroatoms. The molecule has 0 aliphatic carbocycles. The minimum absolute atomic E-state index is 0.677. The number of thioether (sulfide) groups is 3. The smallest absolute Gasteiger partial charge is 0.0226 e. The minimum atomic E-state index is 0.677. The van der Waals surface area contributed by atoms with Gasteiger partial charge in [0.2, 0.25) is 0 Å². The third kappa shape index (κ3) is 13.8. The molecule has 0 aliphatic heterocycles. The first-order chi connectivity index (χ1) is 9.28. The summed E-state index contributed by atoms with van der Waals surface area (Å²) in [6, 6.07) is 0. The van der Waals surface area contributed by atoms with Crippen LogP contribution >= 0.6 is 85.8 Å². The van der Waals surface area contributed by atoms with Crippen LogP contribution in [0.15, 0.2) is 0 Å². The third-order valence-electron chi connectivity index (χ3n) is 2.33. The molecule has 0 radical (unpaired) electrons. The van der Waals surface area contributed by atoms with Crippen molar-refractivity contribution in [3.63, 3.8) is 0 Å². The Morgan fingerprint density at radius 2 is 1.11 bits per heavy atom. The van der Waals surface area contributed by atoms with Gasteiger partial charge in [0.05, 0.1) is 0 Å². The van der Waals surface area contributed by atoms with Gasteiger partial charge in [0.15, 0.2) is 0 Å². The van der Waals surface area contributed by atoms with Gasteiger partial charge in [-0.3, -0.25) is 0 Å². The van der Waals surface area contributed by atoms with E-state index in [2.05, 4.69) is 62.3 Å². The summed E-state index contributed by atoms with van der Waals surface area (Å²) in [5.74, 6) is 8.76. The van der Waals surface area contributed by atoms with Crippen molar-refractivity contribution in [3.8, 4) is 0 Å². The summed E-state index contributed by atoms with van der Waals surface area (Å²) in [4.78, 5) is 0. The summed E-state index contributed by atoms with van der Waals surface area (Å²) in [6.07, 6.45) is 2.39. The molecule has 0 aromatic heterocycles. The molecule has 0 aliphatic rings. The van der Waals surface area contributed by atoms with E-state index in [9.17, 15) is 0 Å². The Bertz CT molecular complexity index is 161. The van der Waals surface area contributed by atoms with E-state index >= 15 is 0 Å². The summed E-state index contributed by atoms with van der Waals surface area (Å²) in [5.41, 5.74) is 0. The molecule has 0 nitrogen and oxygen atoms in total. The minimum Gasteiger partial charge on any atom is -0.179 e. The van der Waals surface area contributed by atoms with E-state index in [-0.39, 0.29) is 0 Å². The fraction of sp³-hybridized carbons (Fsp3) is 1.00. The summed E-state index contributed by atoms with van der Waals surface area (Å²) in [7, 11) is 0. The second kappa shape index (κ2) is 16.8. The zero-order chi connectivity index (χ0) is 14.3. The average Bonchev–Trinajstić information content (AvgIpc) is 2.44. The molecule has 2 atom stereocenters. The average molecular weight is 395 g/mol. The van der Waals surface area contributed by atoms with Crippen LogP contribution < -0.4 is 0 Å². The maximum Gasteiger partial charge on any atom is 0.0226 e. The second-order valence-corrected chi connectivity index (χ2v) is 9.56. The molecular weight excluding hydrogens is 369 g/mol. The summed E-state index contributed by atoms with van der Waals surface area (Å²) < 4.78 is 0. The third-order valence-corrected chi connectivity index (χ3v) is 8.69. The molecule has 0 N–H and O–H groups in total. The largest absolute Gasteiger partial charge is 0.179 e. The Hall–Kier alpha value is 2.45. The molecule has 0 aromatic carbocycles. The highest BCUT2D eigenvalue weighted by Crippen LogP contribution is 2.23. The molecule has 0 aromatic rings. The Morgan fingerprint density at radius 3 is 1.42 bits per heavy atom. The predicted molar refractivity (Wildman–Crippen MR) is 114 cm³/mol. The Balaban J connectivity index is 3.64. The van der Waals surface area contributed by atoms with Gasteiger partial charge in [-0.2, -0.15) is 85.8 Å². The van der Waals surface area contributed by atoms with Crippen LogP contribution in [0.3, 0.4) is 0 Å². The highest BCUT2D eigenvalue weighted by Gasteiger charge is 2.11. The molecule has 0 saturated carbocycles. The summed E-state index contributed by atoms with van der Waals surface area (Å²) in [6.45, 7) is 0. The molecular formula is C12H26S7. The SMILES string of the molecule is SCCCSC(CS)CSCC(CS)SCCCS. The van der Waals surface area contributed by atoms with Crippen molar-refractivity contribution < 1.29 is 0 Å². The van der Waals surface area contributed by atoms with Crippen molar-refractivity contribution in [2.75, 3.05) is 46.0 Å². The molecule has 0 heterocycles. The van der Waals surface area contributed by atoms with Crippen molar-refractivity contribution in [1.82, 2.24) is 0 Å². The Labute approximate surface area is 154 Å². The van der Waals surface area contributed by atoms with Crippen LogP contribution in [0.2, 0.25) is 0 Å². The molecule has 0 amide bonds. The van der Waals surface area contributed by atoms with E-state index < -0.39 is 0 Å². The summed E-state index contributed by atoms with van der Waals surface area (Å²) >= 11 is 23.5. The van der Waals surface area contributed by atoms with Gasteiger partial charge in [-0.1, -0.05) is 0 Å². The zero-order valence-electron chi connectivity index (χ0n) is 11.2. The van der Waals surface area contributed by atoms with Gasteiger partial charge in [0.1, 0.15) is 0 Å². The number of thiol groups is 4. The Morgan fingerprint density at radius 1 is 0.684 bits per heavy atom. The van der Waals surface area contributed by atoms with E-state index in [1.807, 2.05) is 23.5 Å². The highest BCUT2D eigenvalue weighted by molar-refractivity contribution is 8.05. The van der Waals surface area contributed by atoms with Crippen LogP contribution in [0, 0.1) is 0 Å². The lowest BCUT2D eigenvalue weighted by Crippen LogP contribution is -2.14. The number of hydrogen-bond donors (Lipinski definition) is 4. The van der Waals surface area contributed by atoms with Crippen LogP contribution in [-0.2, 0) is 0 Å². The van der Waals surface area contributed by atoms with E-state index in [4.69, 9.17) is 0 Å². The molecule has 0 rings (SSSR count). The van der Waals surface area contributed by atoms with E-state index in [0.29, 0.717) is 10.5 Å². The van der Waals surface area contributed by atoms with Gasteiger partial charge in [-0.15, -0.1) is 0 Å². The number of hydrogen-bond acceptors (Lipinski definition) is 7. The maximum atomic E-state index is 4.45. The number of rotatable bonds is 14. The standard InChI is InChI=1S/C12H26S7/c13-3-1-5-18-11(7-15)9-17-10-12(8-16)19-6-2-4-14/h11-16H,1-10H2. The van der Waals surface area contributed by atoms with Crippen molar-refractivity contribution in [1.29, 1.82) is 0 Å². The first-order valence-electron chi connectivity index (χ1n) is 6.52. The van der Waals surface area contributed by atoms with Gasteiger partial charge in [-0.25, -0.2) is 0 Å². The fourth-order valence-electron chi connectivity index (χ4n) is 1.27. The van der Waals surface area contributed by atoms with Crippen molar-refractivity contribution in [2.45, 2.75) is 23.3 Å². The lowest BCUT2D eigenvalue weighted by molar-refractivity contribution is 1.08. The van der Waals surface area contributed by atoms with Crippen molar-refractivity contribution in [2.24, 2.45) is 0 Å². The molecule has 0 spiro atoms. The van der Waals surface area contributed by atoms with Gasteiger partial charge < -0.3 is 0 Å². The van der Waals surface area contributed by atoms with Gasteiger partial charge in [-0.05, 0) is 35.9 Å². The lowest BCUT2D eigenvalue weighted by Gasteiger charge is -2.17. The summed E-state index contributed by atoms with van der Waals surface area (Å²) in [5, 5.41) is 1.35. The van der Waals surface area contributed by atoms with Gasteiger partial charge in [0, 0.05) is 33.5 Å². The first kappa shape index (κ1) is 21.4. The Kier molecular flexibility index (Phi) is 19.0. The van der Waals surface area contributed by atoms with E-state index in [1.165, 1.54) is 35.9 Å². The first-order valence-corrected chi connectivity index (χ1v) is 12.3. The van der Waals surface area contributed by atoms with Crippen LogP contribution in [-0.4, -0.2) is 56.5 Å². The van der Waals surface area contributed by atoms with Crippen molar-refractivity contribution >= 4 is 85.8 Å². The monoisotopic (exact) mass is 394 g/mol. The normalized spacial score (nSPS) is 14.5. The lowest BCUT2D eigenvalue weighted by atomic mass is 10.5. The predicted octanol–water partition coefficient (Wildman–Crippen LogP) is 4.42. The van der Waals surface area contributed by atoms with Crippen LogP contribution in [0.25, 0.3) is 0 Å². The maximum absolute atomic E-state index is 4.45. The zero-order valence-corrected chi connectivity index (χ0v) is 17.3. The van der Waals surface area contributed by atoms with E-state index in [0.717, 1.165) is 23.0 Å². The van der Waals surface area contributed by atoms with Crippen LogP contribution in [0.1, 0.15) is 12.8 Å². The molecule has 0 saturated heterocycles. The van der Waals surface area contributed by atoms with Gasteiger partial charge >= 0.3 is 0 Å². The highest BCUT2D eigenvalue weighted by atomic mass is 32.2. The fourth-order valence-corrected chi connectivity index (χ4v) is 7.00. The molecule has 0 fully saturated rings. The molecule has 19 heavy (non-hydrogen) atoms. The molecule has 2 unspecified atom stereocenters. The topological polar surface area (TPSA) is 0 Å². The second-order valence-electron chi connectivity index (χ2n) is 4.04. The molecule has 116 valence electrons. The van der Waals surface area contributed by atoms with Crippen LogP contribution in [0.5, 0.6) is 0 Å².